The highest BCUT2D eigenvalue weighted by atomic mass is 16.2. The van der Waals surface area contributed by atoms with Gasteiger partial charge in [0, 0.05) is 32.1 Å². The lowest BCUT2D eigenvalue weighted by Crippen LogP contribution is -2.42. The number of nitrogens with zero attached hydrogens (tertiary/aromatic N) is 1. The van der Waals surface area contributed by atoms with Crippen LogP contribution in [0.5, 0.6) is 0 Å². The number of nitrogens with two attached hydrogens (primary N) is 1. The molecule has 6 nitrogen and oxygen atoms in total. The summed E-state index contributed by atoms with van der Waals surface area (Å²) in [6, 6.07) is -0.146. The van der Waals surface area contributed by atoms with Crippen LogP contribution in [0.25, 0.3) is 0 Å². The van der Waals surface area contributed by atoms with Gasteiger partial charge in [-0.05, 0) is 32.2 Å². The molecule has 0 spiro atoms. The Kier molecular flexibility index (Phi) is 7.25. The highest BCUT2D eigenvalue weighted by molar-refractivity contribution is 5.76. The molecular weight excluding hydrogens is 244 g/mol. The number of urea groups is 1. The van der Waals surface area contributed by atoms with Gasteiger partial charge in [0.15, 0.2) is 0 Å². The summed E-state index contributed by atoms with van der Waals surface area (Å²) in [5, 5.41) is 5.83. The van der Waals surface area contributed by atoms with Gasteiger partial charge in [-0.3, -0.25) is 4.79 Å². The van der Waals surface area contributed by atoms with Crippen LogP contribution in [0, 0.1) is 0 Å². The number of primary amides is 1. The predicted octanol–water partition coefficient (Wildman–Crippen LogP) is 0.426. The Morgan fingerprint density at radius 2 is 2.21 bits per heavy atom. The summed E-state index contributed by atoms with van der Waals surface area (Å²) in [6.07, 6.45) is 4.18. The second kappa shape index (κ2) is 8.74. The molecule has 1 atom stereocenters. The van der Waals surface area contributed by atoms with Gasteiger partial charge in [-0.2, -0.15) is 0 Å². The molecule has 6 heteroatoms. The minimum atomic E-state index is -0.504. The Bertz CT molecular complexity index is 290. The summed E-state index contributed by atoms with van der Waals surface area (Å²) >= 11 is 0. The standard InChI is InChI=1S/C13H26N4O2/c1-2-9-17(11-6-8-15-10-11)12(18)5-3-4-7-16-13(14)19/h11,15H,2-10H2,1H3,(H3,14,16,19). The fourth-order valence-electron chi connectivity index (χ4n) is 2.41. The maximum Gasteiger partial charge on any atom is 0.312 e. The first-order valence-electron chi connectivity index (χ1n) is 7.18. The zero-order chi connectivity index (χ0) is 14.1. The normalized spacial score (nSPS) is 18.3. The summed E-state index contributed by atoms with van der Waals surface area (Å²) in [7, 11) is 0. The van der Waals surface area contributed by atoms with Crippen molar-refractivity contribution in [3.05, 3.63) is 0 Å². The molecule has 1 heterocycles. The highest BCUT2D eigenvalue weighted by Gasteiger charge is 2.25. The lowest BCUT2D eigenvalue weighted by molar-refractivity contribution is -0.133. The number of nitrogens with one attached hydrogen (secondary N) is 2. The van der Waals surface area contributed by atoms with Crippen LogP contribution >= 0.6 is 0 Å². The van der Waals surface area contributed by atoms with E-state index in [1.807, 2.05) is 4.90 Å². The minimum absolute atomic E-state index is 0.231. The van der Waals surface area contributed by atoms with Crippen molar-refractivity contribution in [2.24, 2.45) is 5.73 Å². The van der Waals surface area contributed by atoms with Crippen molar-refractivity contribution in [3.63, 3.8) is 0 Å². The molecule has 0 aromatic rings. The van der Waals surface area contributed by atoms with Crippen molar-refractivity contribution in [2.75, 3.05) is 26.2 Å². The molecule has 1 unspecified atom stereocenters. The molecule has 4 N–H and O–H groups in total. The van der Waals surface area contributed by atoms with Crippen molar-refractivity contribution in [1.29, 1.82) is 0 Å². The Morgan fingerprint density at radius 1 is 1.42 bits per heavy atom. The third kappa shape index (κ3) is 5.92. The number of carbonyl (C=O) groups is 2. The Balaban J connectivity index is 2.25. The number of amides is 3. The second-order valence-corrected chi connectivity index (χ2v) is 4.98. The summed E-state index contributed by atoms with van der Waals surface area (Å²) in [5.74, 6) is 0.231. The van der Waals surface area contributed by atoms with E-state index in [1.54, 1.807) is 0 Å². The van der Waals surface area contributed by atoms with Crippen LogP contribution in [0.1, 0.15) is 39.0 Å². The number of hydrogen-bond donors (Lipinski definition) is 3. The van der Waals surface area contributed by atoms with Gasteiger partial charge >= 0.3 is 6.03 Å². The molecule has 0 saturated carbocycles. The van der Waals surface area contributed by atoms with Crippen molar-refractivity contribution in [3.8, 4) is 0 Å². The molecule has 0 bridgehead atoms. The van der Waals surface area contributed by atoms with Gasteiger partial charge in [0.05, 0.1) is 0 Å². The molecule has 0 aliphatic carbocycles. The Labute approximate surface area is 115 Å². The quantitative estimate of drug-likeness (QED) is 0.559. The van der Waals surface area contributed by atoms with E-state index in [0.717, 1.165) is 45.3 Å². The smallest absolute Gasteiger partial charge is 0.312 e. The second-order valence-electron chi connectivity index (χ2n) is 4.98. The first-order valence-corrected chi connectivity index (χ1v) is 7.18. The van der Waals surface area contributed by atoms with Crippen LogP contribution in [0.4, 0.5) is 4.79 Å². The van der Waals surface area contributed by atoms with E-state index in [-0.39, 0.29) is 5.91 Å². The predicted molar refractivity (Wildman–Crippen MR) is 74.7 cm³/mol. The van der Waals surface area contributed by atoms with Gasteiger partial charge < -0.3 is 21.3 Å². The minimum Gasteiger partial charge on any atom is -0.352 e. The van der Waals surface area contributed by atoms with Gasteiger partial charge in [0.1, 0.15) is 0 Å². The fraction of sp³-hybridized carbons (Fsp3) is 0.846. The maximum atomic E-state index is 12.2. The molecule has 3 amide bonds. The first kappa shape index (κ1) is 15.8. The van der Waals surface area contributed by atoms with E-state index in [2.05, 4.69) is 17.6 Å². The number of rotatable bonds is 8. The van der Waals surface area contributed by atoms with Crippen LogP contribution in [0.15, 0.2) is 0 Å². The topological polar surface area (TPSA) is 87.5 Å². The molecule has 1 aliphatic heterocycles. The van der Waals surface area contributed by atoms with Gasteiger partial charge in [-0.25, -0.2) is 4.79 Å². The summed E-state index contributed by atoms with van der Waals surface area (Å²) in [4.78, 5) is 24.7. The van der Waals surface area contributed by atoms with E-state index in [1.165, 1.54) is 0 Å². The van der Waals surface area contributed by atoms with Crippen LogP contribution in [-0.2, 0) is 4.79 Å². The number of hydrogen-bond acceptors (Lipinski definition) is 3. The lowest BCUT2D eigenvalue weighted by atomic mass is 10.1. The highest BCUT2D eigenvalue weighted by Crippen LogP contribution is 2.12. The number of carbonyl (C=O) groups excluding carboxylic acids is 2. The third-order valence-corrected chi connectivity index (χ3v) is 3.38. The molecule has 110 valence electrons. The van der Waals surface area contributed by atoms with E-state index < -0.39 is 6.03 Å². The Morgan fingerprint density at radius 3 is 2.79 bits per heavy atom. The zero-order valence-corrected chi connectivity index (χ0v) is 11.8. The summed E-state index contributed by atoms with van der Waals surface area (Å²) < 4.78 is 0. The van der Waals surface area contributed by atoms with Crippen LogP contribution < -0.4 is 16.4 Å². The molecule has 0 radical (unpaired) electrons. The van der Waals surface area contributed by atoms with Crippen molar-refractivity contribution < 1.29 is 9.59 Å². The molecule has 0 aromatic carbocycles. The van der Waals surface area contributed by atoms with Crippen LogP contribution in [-0.4, -0.2) is 49.1 Å². The van der Waals surface area contributed by atoms with Crippen molar-refractivity contribution >= 4 is 11.9 Å². The molecule has 0 aromatic heterocycles. The SMILES string of the molecule is CCCN(C(=O)CCCCNC(N)=O)C1CCNC1. The van der Waals surface area contributed by atoms with Crippen molar-refractivity contribution in [1.82, 2.24) is 15.5 Å². The lowest BCUT2D eigenvalue weighted by Gasteiger charge is -2.28. The van der Waals surface area contributed by atoms with E-state index in [0.29, 0.717) is 19.0 Å². The van der Waals surface area contributed by atoms with E-state index in [4.69, 9.17) is 5.73 Å². The fourth-order valence-corrected chi connectivity index (χ4v) is 2.41. The van der Waals surface area contributed by atoms with Crippen LogP contribution in [0.3, 0.4) is 0 Å². The van der Waals surface area contributed by atoms with Gasteiger partial charge in [-0.15, -0.1) is 0 Å². The summed E-state index contributed by atoms with van der Waals surface area (Å²) in [6.45, 7) is 5.39. The average Bonchev–Trinajstić information content (AvgIpc) is 2.88. The molecule has 19 heavy (non-hydrogen) atoms. The van der Waals surface area contributed by atoms with Crippen LogP contribution in [0.2, 0.25) is 0 Å². The first-order chi connectivity index (χ1) is 9.15. The number of unbranched alkanes of at least 4 members (excludes halogenated alkanes) is 1. The van der Waals surface area contributed by atoms with Gasteiger partial charge in [-0.1, -0.05) is 6.92 Å². The molecule has 1 aliphatic rings. The maximum absolute atomic E-state index is 12.2. The third-order valence-electron chi connectivity index (χ3n) is 3.38. The summed E-state index contributed by atoms with van der Waals surface area (Å²) in [5.41, 5.74) is 4.97. The molecule has 1 fully saturated rings. The monoisotopic (exact) mass is 270 g/mol. The van der Waals surface area contributed by atoms with E-state index in [9.17, 15) is 9.59 Å². The zero-order valence-electron chi connectivity index (χ0n) is 11.8. The van der Waals surface area contributed by atoms with E-state index >= 15 is 0 Å². The molecule has 1 saturated heterocycles. The Hall–Kier alpha value is -1.30. The average molecular weight is 270 g/mol. The largest absolute Gasteiger partial charge is 0.352 e. The molecule has 1 rings (SSSR count). The van der Waals surface area contributed by atoms with Gasteiger partial charge in [0.25, 0.3) is 0 Å². The van der Waals surface area contributed by atoms with Gasteiger partial charge in [0.2, 0.25) is 5.91 Å². The van der Waals surface area contributed by atoms with Crippen molar-refractivity contribution in [2.45, 2.75) is 45.1 Å². The molecular formula is C13H26N4O2.